The first-order valence-electron chi connectivity index (χ1n) is 5.34. The largest absolute Gasteiger partial charge is 0.468 e. The summed E-state index contributed by atoms with van der Waals surface area (Å²) in [5.74, 6) is 0.966. The topological polar surface area (TPSA) is 54.3 Å². The summed E-state index contributed by atoms with van der Waals surface area (Å²) >= 11 is 0. The van der Waals surface area contributed by atoms with Gasteiger partial charge in [0.1, 0.15) is 5.76 Å². The number of furan rings is 1. The second-order valence-corrected chi connectivity index (χ2v) is 3.89. The van der Waals surface area contributed by atoms with Crippen LogP contribution in [0.3, 0.4) is 0 Å². The fraction of sp³-hybridized carbons (Fsp3) is 0.545. The Balaban J connectivity index is 1.93. The Morgan fingerprint density at radius 3 is 3.20 bits per heavy atom. The van der Waals surface area contributed by atoms with E-state index in [1.54, 1.807) is 6.26 Å². The van der Waals surface area contributed by atoms with Gasteiger partial charge in [0.05, 0.1) is 18.3 Å². The average molecular weight is 208 g/mol. The number of hydrogen-bond acceptors (Lipinski definition) is 3. The maximum absolute atomic E-state index is 11.5. The highest BCUT2D eigenvalue weighted by Crippen LogP contribution is 2.15. The van der Waals surface area contributed by atoms with Crippen LogP contribution in [0.1, 0.15) is 31.6 Å². The van der Waals surface area contributed by atoms with Crippen molar-refractivity contribution in [2.24, 2.45) is 0 Å². The van der Waals surface area contributed by atoms with E-state index in [2.05, 4.69) is 10.6 Å². The van der Waals surface area contributed by atoms with Crippen molar-refractivity contribution in [2.75, 3.05) is 6.54 Å². The van der Waals surface area contributed by atoms with E-state index >= 15 is 0 Å². The molecule has 1 aliphatic heterocycles. The minimum Gasteiger partial charge on any atom is -0.468 e. The van der Waals surface area contributed by atoms with Crippen LogP contribution in [0.2, 0.25) is 0 Å². The van der Waals surface area contributed by atoms with Gasteiger partial charge in [-0.1, -0.05) is 0 Å². The lowest BCUT2D eigenvalue weighted by Crippen LogP contribution is -2.48. The third-order valence-corrected chi connectivity index (χ3v) is 2.71. The lowest BCUT2D eigenvalue weighted by atomic mass is 10.1. The van der Waals surface area contributed by atoms with Crippen molar-refractivity contribution >= 4 is 5.91 Å². The molecule has 82 valence electrons. The summed E-state index contributed by atoms with van der Waals surface area (Å²) in [4.78, 5) is 11.5. The Hall–Kier alpha value is -1.29. The predicted molar refractivity (Wildman–Crippen MR) is 56.3 cm³/mol. The molecule has 1 aliphatic rings. The van der Waals surface area contributed by atoms with E-state index in [0.717, 1.165) is 25.1 Å². The van der Waals surface area contributed by atoms with Crippen molar-refractivity contribution in [3.8, 4) is 0 Å². The molecule has 0 aliphatic carbocycles. The van der Waals surface area contributed by atoms with Gasteiger partial charge in [-0.15, -0.1) is 0 Å². The summed E-state index contributed by atoms with van der Waals surface area (Å²) in [6.07, 6.45) is 3.58. The third kappa shape index (κ3) is 2.39. The molecule has 0 aromatic carbocycles. The fourth-order valence-electron chi connectivity index (χ4n) is 1.85. The van der Waals surface area contributed by atoms with Gasteiger partial charge in [0.25, 0.3) is 0 Å². The van der Waals surface area contributed by atoms with E-state index in [0.29, 0.717) is 0 Å². The van der Waals surface area contributed by atoms with Gasteiger partial charge in [0.2, 0.25) is 5.91 Å². The Bertz CT molecular complexity index is 321. The summed E-state index contributed by atoms with van der Waals surface area (Å²) in [6, 6.07) is 3.76. The molecule has 4 nitrogen and oxygen atoms in total. The zero-order chi connectivity index (χ0) is 10.7. The van der Waals surface area contributed by atoms with Gasteiger partial charge in [-0.2, -0.15) is 0 Å². The van der Waals surface area contributed by atoms with Crippen LogP contribution >= 0.6 is 0 Å². The molecule has 1 fully saturated rings. The van der Waals surface area contributed by atoms with Crippen LogP contribution < -0.4 is 10.6 Å². The molecule has 0 radical (unpaired) electrons. The van der Waals surface area contributed by atoms with Crippen molar-refractivity contribution in [1.29, 1.82) is 0 Å². The first-order valence-corrected chi connectivity index (χ1v) is 5.34. The molecular weight excluding hydrogens is 192 g/mol. The average Bonchev–Trinajstić information content (AvgIpc) is 2.74. The summed E-state index contributed by atoms with van der Waals surface area (Å²) in [7, 11) is 0. The van der Waals surface area contributed by atoms with E-state index < -0.39 is 0 Å². The van der Waals surface area contributed by atoms with Gasteiger partial charge in [-0.05, 0) is 31.9 Å². The van der Waals surface area contributed by atoms with Crippen LogP contribution in [0.4, 0.5) is 0 Å². The zero-order valence-electron chi connectivity index (χ0n) is 8.82. The van der Waals surface area contributed by atoms with Crippen molar-refractivity contribution in [3.63, 3.8) is 0 Å². The van der Waals surface area contributed by atoms with E-state index in [-0.39, 0.29) is 18.0 Å². The third-order valence-electron chi connectivity index (χ3n) is 2.71. The summed E-state index contributed by atoms with van der Waals surface area (Å²) in [5, 5.41) is 6.12. The molecule has 4 heteroatoms. The van der Waals surface area contributed by atoms with E-state index in [9.17, 15) is 4.79 Å². The van der Waals surface area contributed by atoms with Gasteiger partial charge in [-0.25, -0.2) is 0 Å². The van der Waals surface area contributed by atoms with Crippen LogP contribution in [0.15, 0.2) is 22.8 Å². The normalized spacial score (nSPS) is 23.5. The molecule has 1 aromatic heterocycles. The van der Waals surface area contributed by atoms with Crippen LogP contribution in [-0.2, 0) is 4.79 Å². The van der Waals surface area contributed by atoms with Crippen LogP contribution in [0.5, 0.6) is 0 Å². The lowest BCUT2D eigenvalue weighted by molar-refractivity contribution is -0.124. The van der Waals surface area contributed by atoms with E-state index in [4.69, 9.17) is 4.42 Å². The molecule has 0 bridgehead atoms. The first kappa shape index (κ1) is 10.2. The smallest absolute Gasteiger partial charge is 0.237 e. The Morgan fingerprint density at radius 2 is 2.53 bits per heavy atom. The molecule has 2 rings (SSSR count). The predicted octanol–water partition coefficient (Wildman–Crippen LogP) is 1.21. The van der Waals surface area contributed by atoms with Crippen LogP contribution in [0.25, 0.3) is 0 Å². The van der Waals surface area contributed by atoms with Crippen LogP contribution in [-0.4, -0.2) is 18.5 Å². The number of carbonyl (C=O) groups is 1. The molecule has 2 N–H and O–H groups in total. The Kier molecular flexibility index (Phi) is 3.06. The van der Waals surface area contributed by atoms with E-state index in [1.807, 2.05) is 19.1 Å². The quantitative estimate of drug-likeness (QED) is 0.785. The maximum Gasteiger partial charge on any atom is 0.237 e. The van der Waals surface area contributed by atoms with Gasteiger partial charge in [-0.3, -0.25) is 10.1 Å². The second kappa shape index (κ2) is 4.49. The van der Waals surface area contributed by atoms with Gasteiger partial charge in [0, 0.05) is 6.54 Å². The number of amides is 1. The van der Waals surface area contributed by atoms with E-state index in [1.165, 1.54) is 0 Å². The standard InChI is InChI=1S/C11H16N2O2/c1-8(10-5-3-7-15-10)13-9-4-2-6-12-11(9)14/h3,5,7-9,13H,2,4,6H2,1H3,(H,12,14). The Morgan fingerprint density at radius 1 is 1.67 bits per heavy atom. The molecule has 1 aromatic rings. The highest BCUT2D eigenvalue weighted by Gasteiger charge is 2.24. The van der Waals surface area contributed by atoms with Gasteiger partial charge < -0.3 is 9.73 Å². The number of nitrogens with one attached hydrogen (secondary N) is 2. The lowest BCUT2D eigenvalue weighted by Gasteiger charge is -2.25. The molecule has 0 spiro atoms. The minimum absolute atomic E-state index is 0.0776. The van der Waals surface area contributed by atoms with Crippen molar-refractivity contribution in [2.45, 2.75) is 31.8 Å². The SMILES string of the molecule is CC(NC1CCCNC1=O)c1ccco1. The first-order chi connectivity index (χ1) is 7.27. The molecular formula is C11H16N2O2. The Labute approximate surface area is 89.0 Å². The second-order valence-electron chi connectivity index (χ2n) is 3.89. The highest BCUT2D eigenvalue weighted by atomic mass is 16.3. The molecule has 0 saturated carbocycles. The van der Waals surface area contributed by atoms with Crippen molar-refractivity contribution < 1.29 is 9.21 Å². The van der Waals surface area contributed by atoms with Crippen molar-refractivity contribution in [1.82, 2.24) is 10.6 Å². The fourth-order valence-corrected chi connectivity index (χ4v) is 1.85. The highest BCUT2D eigenvalue weighted by molar-refractivity contribution is 5.82. The molecule has 1 amide bonds. The number of carbonyl (C=O) groups excluding carboxylic acids is 1. The summed E-state index contributed by atoms with van der Waals surface area (Å²) in [6.45, 7) is 2.80. The monoisotopic (exact) mass is 208 g/mol. The number of rotatable bonds is 3. The molecule has 1 saturated heterocycles. The van der Waals surface area contributed by atoms with Gasteiger partial charge >= 0.3 is 0 Å². The minimum atomic E-state index is -0.0844. The van der Waals surface area contributed by atoms with Crippen molar-refractivity contribution in [3.05, 3.63) is 24.2 Å². The molecule has 15 heavy (non-hydrogen) atoms. The zero-order valence-corrected chi connectivity index (χ0v) is 8.82. The number of piperidine rings is 1. The summed E-state index contributed by atoms with van der Waals surface area (Å²) in [5.41, 5.74) is 0. The maximum atomic E-state index is 11.5. The number of hydrogen-bond donors (Lipinski definition) is 2. The molecule has 2 atom stereocenters. The summed E-state index contributed by atoms with van der Waals surface area (Å²) < 4.78 is 5.28. The molecule has 2 heterocycles. The van der Waals surface area contributed by atoms with Gasteiger partial charge in [0.15, 0.2) is 0 Å². The molecule has 2 unspecified atom stereocenters. The van der Waals surface area contributed by atoms with Crippen LogP contribution in [0, 0.1) is 0 Å².